The number of guanidine groups is 1. The van der Waals surface area contributed by atoms with Crippen LogP contribution in [0.4, 0.5) is 0 Å². The SMILES string of the molecule is CSCCC(NC(=O)C(N)CCCN=C(N)N)C(=O)NCC(=O)NC(C(=O)O)C(C)O. The molecule has 0 bridgehead atoms. The number of carbonyl (C=O) groups excluding carboxylic acids is 3. The summed E-state index contributed by atoms with van der Waals surface area (Å²) in [4.78, 5) is 51.4. The third-order valence-electron chi connectivity index (χ3n) is 4.04. The summed E-state index contributed by atoms with van der Waals surface area (Å²) in [5, 5.41) is 25.4. The maximum atomic E-state index is 12.4. The van der Waals surface area contributed by atoms with Crippen LogP contribution < -0.4 is 33.2 Å². The standard InChI is InChI=1S/C17H33N7O6S/c1-9(25)13(16(29)30)24-12(26)8-22-15(28)11(5-7-31-2)23-14(27)10(18)4-3-6-21-17(19)20/h9-11,13,25H,3-8,18H2,1-2H3,(H,22,28)(H,23,27)(H,24,26)(H,29,30)(H4,19,20,21). The average Bonchev–Trinajstić information content (AvgIpc) is 2.69. The van der Waals surface area contributed by atoms with E-state index < -0.39 is 54.5 Å². The highest BCUT2D eigenvalue weighted by atomic mass is 32.2. The Morgan fingerprint density at radius 1 is 1.10 bits per heavy atom. The monoisotopic (exact) mass is 463 g/mol. The van der Waals surface area contributed by atoms with Crippen molar-refractivity contribution in [1.82, 2.24) is 16.0 Å². The van der Waals surface area contributed by atoms with Gasteiger partial charge in [0.05, 0.1) is 18.7 Å². The topological polar surface area (TPSA) is 235 Å². The summed E-state index contributed by atoms with van der Waals surface area (Å²) >= 11 is 1.47. The average molecular weight is 464 g/mol. The largest absolute Gasteiger partial charge is 0.480 e. The molecule has 0 saturated carbocycles. The molecule has 0 aromatic rings. The molecule has 0 saturated heterocycles. The fraction of sp³-hybridized carbons (Fsp3) is 0.706. The molecule has 0 fully saturated rings. The van der Waals surface area contributed by atoms with Crippen LogP contribution in [-0.2, 0) is 19.2 Å². The Hall–Kier alpha value is -2.58. The van der Waals surface area contributed by atoms with E-state index in [-0.39, 0.29) is 5.96 Å². The van der Waals surface area contributed by atoms with Crippen molar-refractivity contribution in [2.75, 3.05) is 25.1 Å². The highest BCUT2D eigenvalue weighted by molar-refractivity contribution is 7.98. The van der Waals surface area contributed by atoms with Crippen LogP contribution in [-0.4, -0.2) is 89.2 Å². The van der Waals surface area contributed by atoms with Crippen LogP contribution in [0.15, 0.2) is 4.99 Å². The van der Waals surface area contributed by atoms with Crippen LogP contribution in [0.25, 0.3) is 0 Å². The molecule has 31 heavy (non-hydrogen) atoms. The van der Waals surface area contributed by atoms with Gasteiger partial charge in [-0.3, -0.25) is 19.4 Å². The van der Waals surface area contributed by atoms with E-state index in [1.165, 1.54) is 18.7 Å². The Labute approximate surface area is 185 Å². The molecule has 0 aromatic carbocycles. The van der Waals surface area contributed by atoms with E-state index in [0.29, 0.717) is 31.6 Å². The van der Waals surface area contributed by atoms with Gasteiger partial charge in [0, 0.05) is 6.54 Å². The first-order valence-electron chi connectivity index (χ1n) is 9.57. The second kappa shape index (κ2) is 15.3. The van der Waals surface area contributed by atoms with E-state index >= 15 is 0 Å². The molecular weight excluding hydrogens is 430 g/mol. The summed E-state index contributed by atoms with van der Waals surface area (Å²) in [6, 6.07) is -3.30. The van der Waals surface area contributed by atoms with Gasteiger partial charge in [-0.25, -0.2) is 4.79 Å². The number of aliphatic hydroxyl groups excluding tert-OH is 1. The Kier molecular flexibility index (Phi) is 14.0. The number of carboxylic acid groups (broad SMARTS) is 1. The molecule has 3 amide bonds. The first-order valence-corrected chi connectivity index (χ1v) is 11.0. The van der Waals surface area contributed by atoms with E-state index in [2.05, 4.69) is 20.9 Å². The minimum absolute atomic E-state index is 0.0565. The first kappa shape index (κ1) is 28.4. The highest BCUT2D eigenvalue weighted by Gasteiger charge is 2.26. The molecular formula is C17H33N7O6S. The number of rotatable bonds is 15. The summed E-state index contributed by atoms with van der Waals surface area (Å²) in [5.74, 6) is -2.85. The van der Waals surface area contributed by atoms with Gasteiger partial charge in [-0.05, 0) is 38.2 Å². The van der Waals surface area contributed by atoms with Crippen LogP contribution >= 0.6 is 11.8 Å². The van der Waals surface area contributed by atoms with Gasteiger partial charge in [-0.2, -0.15) is 11.8 Å². The molecule has 0 radical (unpaired) electrons. The molecule has 178 valence electrons. The highest BCUT2D eigenvalue weighted by Crippen LogP contribution is 2.03. The molecule has 0 aromatic heterocycles. The normalized spacial score (nSPS) is 14.5. The number of thioether (sulfide) groups is 1. The lowest BCUT2D eigenvalue weighted by molar-refractivity contribution is -0.144. The second-order valence-corrected chi connectivity index (χ2v) is 7.73. The predicted molar refractivity (Wildman–Crippen MR) is 117 cm³/mol. The quantitative estimate of drug-likeness (QED) is 0.0683. The van der Waals surface area contributed by atoms with Crippen molar-refractivity contribution in [3.05, 3.63) is 0 Å². The zero-order valence-electron chi connectivity index (χ0n) is 17.7. The number of hydrogen-bond acceptors (Lipinski definition) is 8. The van der Waals surface area contributed by atoms with Gasteiger partial charge in [0.1, 0.15) is 6.04 Å². The van der Waals surface area contributed by atoms with Crippen LogP contribution in [0.5, 0.6) is 0 Å². The third-order valence-corrected chi connectivity index (χ3v) is 4.68. The molecule has 14 heteroatoms. The van der Waals surface area contributed by atoms with Crippen molar-refractivity contribution in [1.29, 1.82) is 0 Å². The molecule has 13 nitrogen and oxygen atoms in total. The third kappa shape index (κ3) is 12.7. The van der Waals surface area contributed by atoms with Gasteiger partial charge in [-0.15, -0.1) is 0 Å². The van der Waals surface area contributed by atoms with E-state index in [1.54, 1.807) is 0 Å². The number of nitrogens with one attached hydrogen (secondary N) is 3. The minimum atomic E-state index is -1.51. The Morgan fingerprint density at radius 3 is 2.26 bits per heavy atom. The van der Waals surface area contributed by atoms with Crippen LogP contribution in [0.2, 0.25) is 0 Å². The van der Waals surface area contributed by atoms with Gasteiger partial charge in [0.2, 0.25) is 17.7 Å². The smallest absolute Gasteiger partial charge is 0.328 e. The number of nitrogens with two attached hydrogens (primary N) is 3. The van der Waals surface area contributed by atoms with Crippen molar-refractivity contribution in [2.45, 2.75) is 50.4 Å². The Morgan fingerprint density at radius 2 is 1.74 bits per heavy atom. The number of carboxylic acids is 1. The van der Waals surface area contributed by atoms with Gasteiger partial charge < -0.3 is 43.4 Å². The summed E-state index contributed by atoms with van der Waals surface area (Å²) in [6.07, 6.45) is 1.59. The number of carbonyl (C=O) groups is 4. The zero-order valence-corrected chi connectivity index (χ0v) is 18.5. The Balaban J connectivity index is 4.74. The second-order valence-electron chi connectivity index (χ2n) is 6.74. The molecule has 4 unspecified atom stereocenters. The molecule has 11 N–H and O–H groups in total. The van der Waals surface area contributed by atoms with E-state index in [1.807, 2.05) is 6.26 Å². The summed E-state index contributed by atoms with van der Waals surface area (Å²) in [5.41, 5.74) is 16.3. The van der Waals surface area contributed by atoms with E-state index in [9.17, 15) is 24.3 Å². The molecule has 0 aliphatic carbocycles. The number of aliphatic hydroxyl groups is 1. The summed E-state index contributed by atoms with van der Waals surface area (Å²) in [7, 11) is 0. The first-order chi connectivity index (χ1) is 14.5. The van der Waals surface area contributed by atoms with Gasteiger partial charge >= 0.3 is 5.97 Å². The van der Waals surface area contributed by atoms with Crippen molar-refractivity contribution < 1.29 is 29.4 Å². The lowest BCUT2D eigenvalue weighted by atomic mass is 10.1. The minimum Gasteiger partial charge on any atom is -0.480 e. The van der Waals surface area contributed by atoms with Crippen LogP contribution in [0.1, 0.15) is 26.2 Å². The predicted octanol–water partition coefficient (Wildman–Crippen LogP) is -3.33. The Bertz CT molecular complexity index is 642. The van der Waals surface area contributed by atoms with Gasteiger partial charge in [-0.1, -0.05) is 0 Å². The van der Waals surface area contributed by atoms with Crippen LogP contribution in [0.3, 0.4) is 0 Å². The molecule has 4 atom stereocenters. The van der Waals surface area contributed by atoms with Crippen molar-refractivity contribution >= 4 is 41.4 Å². The molecule has 0 spiro atoms. The maximum Gasteiger partial charge on any atom is 0.328 e. The zero-order chi connectivity index (χ0) is 24.0. The number of nitrogens with zero attached hydrogens (tertiary/aromatic N) is 1. The molecule has 0 aliphatic rings. The van der Waals surface area contributed by atoms with Crippen LogP contribution in [0, 0.1) is 0 Å². The van der Waals surface area contributed by atoms with Crippen molar-refractivity contribution in [3.63, 3.8) is 0 Å². The maximum absolute atomic E-state index is 12.4. The fourth-order valence-electron chi connectivity index (χ4n) is 2.34. The van der Waals surface area contributed by atoms with Crippen molar-refractivity contribution in [2.24, 2.45) is 22.2 Å². The number of aliphatic imine (C=N–C) groups is 1. The van der Waals surface area contributed by atoms with Gasteiger partial charge in [0.15, 0.2) is 12.0 Å². The van der Waals surface area contributed by atoms with E-state index in [4.69, 9.17) is 22.3 Å². The van der Waals surface area contributed by atoms with Crippen molar-refractivity contribution in [3.8, 4) is 0 Å². The summed E-state index contributed by atoms with van der Waals surface area (Å²) in [6.45, 7) is 1.01. The summed E-state index contributed by atoms with van der Waals surface area (Å²) < 4.78 is 0. The number of hydrogen-bond donors (Lipinski definition) is 8. The van der Waals surface area contributed by atoms with Gasteiger partial charge in [0.25, 0.3) is 0 Å². The molecule has 0 heterocycles. The molecule has 0 rings (SSSR count). The fourth-order valence-corrected chi connectivity index (χ4v) is 2.81. The number of aliphatic carboxylic acids is 1. The lowest BCUT2D eigenvalue weighted by Crippen LogP contribution is -2.54. The van der Waals surface area contributed by atoms with E-state index in [0.717, 1.165) is 0 Å². The number of amides is 3. The molecule has 0 aliphatic heterocycles. The lowest BCUT2D eigenvalue weighted by Gasteiger charge is -2.21.